The number of aliphatic hydroxyl groups excluding tert-OH is 3. The van der Waals surface area contributed by atoms with Gasteiger partial charge in [-0.3, -0.25) is 4.79 Å². The minimum Gasteiger partial charge on any atom is -0.481 e. The molecule has 0 bridgehead atoms. The lowest BCUT2D eigenvalue weighted by Crippen LogP contribution is -2.24. The van der Waals surface area contributed by atoms with E-state index in [1.54, 1.807) is 6.08 Å². The highest BCUT2D eigenvalue weighted by molar-refractivity contribution is 5.66. The fraction of sp³-hybridized carbons (Fsp3) is 0.833. The molecule has 0 aliphatic heterocycles. The van der Waals surface area contributed by atoms with Crippen LogP contribution >= 0.6 is 0 Å². The molecule has 0 radical (unpaired) electrons. The number of carboxylic acid groups (broad SMARTS) is 1. The first-order valence-electron chi connectivity index (χ1n) is 8.91. The maximum atomic E-state index is 10.3. The molecule has 0 amide bonds. The zero-order valence-corrected chi connectivity index (χ0v) is 14.4. The predicted octanol–water partition coefficient (Wildman–Crippen LogP) is 3.02. The van der Waals surface area contributed by atoms with Crippen molar-refractivity contribution >= 4 is 5.97 Å². The SMILES string of the molecule is CCCCC[C@H](O)[C@@H](O)/C=C/[C@@H](O)CCCCCCCC(=O)O. The van der Waals surface area contributed by atoms with E-state index in [4.69, 9.17) is 5.11 Å². The zero-order valence-electron chi connectivity index (χ0n) is 14.4. The van der Waals surface area contributed by atoms with Crippen molar-refractivity contribution < 1.29 is 25.2 Å². The third-order valence-corrected chi connectivity index (χ3v) is 3.92. The Bertz CT molecular complexity index is 317. The Balaban J connectivity index is 3.66. The van der Waals surface area contributed by atoms with Gasteiger partial charge in [-0.25, -0.2) is 0 Å². The molecule has 0 saturated heterocycles. The molecular formula is C18H34O5. The molecule has 23 heavy (non-hydrogen) atoms. The van der Waals surface area contributed by atoms with Crippen LogP contribution in [0.4, 0.5) is 0 Å². The van der Waals surface area contributed by atoms with Crippen molar-refractivity contribution in [3.63, 3.8) is 0 Å². The van der Waals surface area contributed by atoms with Gasteiger partial charge in [0.05, 0.1) is 18.3 Å². The van der Waals surface area contributed by atoms with Gasteiger partial charge >= 0.3 is 5.97 Å². The van der Waals surface area contributed by atoms with Crippen LogP contribution in [0.25, 0.3) is 0 Å². The Morgan fingerprint density at radius 2 is 1.48 bits per heavy atom. The molecular weight excluding hydrogens is 296 g/mol. The fourth-order valence-electron chi connectivity index (χ4n) is 2.40. The normalized spacial score (nSPS) is 15.7. The van der Waals surface area contributed by atoms with Crippen LogP contribution in [0.2, 0.25) is 0 Å². The second kappa shape index (κ2) is 14.7. The number of hydrogen-bond donors (Lipinski definition) is 4. The molecule has 0 aromatic heterocycles. The van der Waals surface area contributed by atoms with Gasteiger partial charge in [-0.05, 0) is 19.3 Å². The van der Waals surface area contributed by atoms with Crippen LogP contribution in [-0.2, 0) is 4.79 Å². The van der Waals surface area contributed by atoms with E-state index in [1.165, 1.54) is 6.08 Å². The summed E-state index contributed by atoms with van der Waals surface area (Å²) in [6.45, 7) is 2.09. The fourth-order valence-corrected chi connectivity index (χ4v) is 2.40. The van der Waals surface area contributed by atoms with Crippen LogP contribution in [0, 0.1) is 0 Å². The van der Waals surface area contributed by atoms with Crippen LogP contribution in [0.1, 0.15) is 77.6 Å². The Kier molecular flexibility index (Phi) is 14.1. The van der Waals surface area contributed by atoms with Crippen molar-refractivity contribution in [2.75, 3.05) is 0 Å². The molecule has 4 N–H and O–H groups in total. The smallest absolute Gasteiger partial charge is 0.303 e. The summed E-state index contributed by atoms with van der Waals surface area (Å²) in [4.78, 5) is 10.3. The van der Waals surface area contributed by atoms with Gasteiger partial charge in [0.1, 0.15) is 0 Å². The Hall–Kier alpha value is -0.910. The van der Waals surface area contributed by atoms with E-state index in [0.717, 1.165) is 44.9 Å². The minimum atomic E-state index is -0.919. The van der Waals surface area contributed by atoms with Crippen molar-refractivity contribution in [1.82, 2.24) is 0 Å². The molecule has 0 aliphatic rings. The van der Waals surface area contributed by atoms with Crippen molar-refractivity contribution in [3.05, 3.63) is 12.2 Å². The highest BCUT2D eigenvalue weighted by Gasteiger charge is 2.12. The second-order valence-corrected chi connectivity index (χ2v) is 6.21. The maximum absolute atomic E-state index is 10.3. The second-order valence-electron chi connectivity index (χ2n) is 6.21. The summed E-state index contributed by atoms with van der Waals surface area (Å²) < 4.78 is 0. The average molecular weight is 330 g/mol. The number of rotatable bonds is 15. The van der Waals surface area contributed by atoms with Gasteiger partial charge in [0.25, 0.3) is 0 Å². The number of carbonyl (C=O) groups is 1. The summed E-state index contributed by atoms with van der Waals surface area (Å²) in [5.74, 6) is -0.749. The van der Waals surface area contributed by atoms with Gasteiger partial charge < -0.3 is 20.4 Å². The van der Waals surface area contributed by atoms with Crippen molar-refractivity contribution in [3.8, 4) is 0 Å². The van der Waals surface area contributed by atoms with Gasteiger partial charge in [-0.15, -0.1) is 0 Å². The first-order valence-corrected chi connectivity index (χ1v) is 8.91. The summed E-state index contributed by atoms with van der Waals surface area (Å²) in [5.41, 5.74) is 0. The molecule has 0 aliphatic carbocycles. The topological polar surface area (TPSA) is 98.0 Å². The standard InChI is InChI=1S/C18H34O5/c1-2-3-7-11-16(20)17(21)14-13-15(19)10-8-5-4-6-9-12-18(22)23/h13-17,19-21H,2-12H2,1H3,(H,22,23)/b14-13+/t15-,16-,17-/m0/s1. The van der Waals surface area contributed by atoms with Crippen LogP contribution in [0.3, 0.4) is 0 Å². The molecule has 3 atom stereocenters. The Morgan fingerprint density at radius 1 is 0.870 bits per heavy atom. The Morgan fingerprint density at radius 3 is 2.13 bits per heavy atom. The number of aliphatic hydroxyl groups is 3. The van der Waals surface area contributed by atoms with Crippen LogP contribution in [0.15, 0.2) is 12.2 Å². The van der Waals surface area contributed by atoms with Crippen LogP contribution in [-0.4, -0.2) is 44.7 Å². The summed E-state index contributed by atoms with van der Waals surface area (Å²) in [5, 5.41) is 37.9. The van der Waals surface area contributed by atoms with E-state index in [-0.39, 0.29) is 6.42 Å². The Labute approximate surface area is 140 Å². The van der Waals surface area contributed by atoms with Crippen LogP contribution < -0.4 is 0 Å². The van der Waals surface area contributed by atoms with E-state index in [1.807, 2.05) is 0 Å². The molecule has 0 saturated carbocycles. The van der Waals surface area contributed by atoms with Gasteiger partial charge in [-0.2, -0.15) is 0 Å². The molecule has 0 aromatic rings. The monoisotopic (exact) mass is 330 g/mol. The van der Waals surface area contributed by atoms with E-state index in [2.05, 4.69) is 6.92 Å². The molecule has 136 valence electrons. The number of unbranched alkanes of at least 4 members (excludes halogenated alkanes) is 6. The van der Waals surface area contributed by atoms with Crippen molar-refractivity contribution in [2.45, 2.75) is 95.9 Å². The van der Waals surface area contributed by atoms with E-state index in [0.29, 0.717) is 19.3 Å². The average Bonchev–Trinajstić information content (AvgIpc) is 2.51. The highest BCUT2D eigenvalue weighted by atomic mass is 16.4. The summed E-state index contributed by atoms with van der Waals surface area (Å²) in [6.07, 6.45) is 9.60. The third-order valence-electron chi connectivity index (χ3n) is 3.92. The highest BCUT2D eigenvalue weighted by Crippen LogP contribution is 2.11. The molecule has 0 rings (SSSR count). The first-order chi connectivity index (χ1) is 11.0. The van der Waals surface area contributed by atoms with Gasteiger partial charge in [0.2, 0.25) is 0 Å². The van der Waals surface area contributed by atoms with E-state index >= 15 is 0 Å². The van der Waals surface area contributed by atoms with Crippen molar-refractivity contribution in [1.29, 1.82) is 0 Å². The maximum Gasteiger partial charge on any atom is 0.303 e. The quantitative estimate of drug-likeness (QED) is 0.273. The van der Waals surface area contributed by atoms with Gasteiger partial charge in [-0.1, -0.05) is 64.0 Å². The van der Waals surface area contributed by atoms with E-state index in [9.17, 15) is 20.1 Å². The lowest BCUT2D eigenvalue weighted by molar-refractivity contribution is -0.137. The zero-order chi connectivity index (χ0) is 17.5. The molecule has 0 aromatic carbocycles. The molecule has 0 unspecified atom stereocenters. The van der Waals surface area contributed by atoms with Crippen LogP contribution in [0.5, 0.6) is 0 Å². The predicted molar refractivity (Wildman–Crippen MR) is 91.3 cm³/mol. The van der Waals surface area contributed by atoms with E-state index < -0.39 is 24.3 Å². The first kappa shape index (κ1) is 22.1. The minimum absolute atomic E-state index is 0.226. The number of aliphatic carboxylic acids is 1. The number of carboxylic acids is 1. The largest absolute Gasteiger partial charge is 0.481 e. The van der Waals surface area contributed by atoms with Gasteiger partial charge in [0, 0.05) is 6.42 Å². The van der Waals surface area contributed by atoms with Gasteiger partial charge in [0.15, 0.2) is 0 Å². The molecule has 5 heteroatoms. The molecule has 5 nitrogen and oxygen atoms in total. The third kappa shape index (κ3) is 14.4. The lowest BCUT2D eigenvalue weighted by atomic mass is 10.0. The molecule has 0 heterocycles. The summed E-state index contributed by atoms with van der Waals surface area (Å²) >= 11 is 0. The molecule has 0 fully saturated rings. The molecule has 0 spiro atoms. The lowest BCUT2D eigenvalue weighted by Gasteiger charge is -2.14. The number of hydrogen-bond acceptors (Lipinski definition) is 4. The summed E-state index contributed by atoms with van der Waals surface area (Å²) in [6, 6.07) is 0. The van der Waals surface area contributed by atoms with Crippen molar-refractivity contribution in [2.24, 2.45) is 0 Å². The summed E-state index contributed by atoms with van der Waals surface area (Å²) in [7, 11) is 0.